The van der Waals surface area contributed by atoms with E-state index < -0.39 is 10.0 Å². The summed E-state index contributed by atoms with van der Waals surface area (Å²) in [6.07, 6.45) is 6.31. The Morgan fingerprint density at radius 3 is 2.45 bits per heavy atom. The third-order valence-electron chi connectivity index (χ3n) is 4.09. The van der Waals surface area contributed by atoms with E-state index in [0.717, 1.165) is 25.7 Å². The monoisotopic (exact) mass is 301 g/mol. The third kappa shape index (κ3) is 2.89. The first-order valence-corrected chi connectivity index (χ1v) is 8.55. The normalized spacial score (nSPS) is 18.4. The summed E-state index contributed by atoms with van der Waals surface area (Å²) in [5.41, 5.74) is 0.678. The Hall–Kier alpha value is -0.920. The number of nitrogens with one attached hydrogen (secondary N) is 1. The van der Waals surface area contributed by atoms with Gasteiger partial charge in [-0.3, -0.25) is 5.10 Å². The summed E-state index contributed by atoms with van der Waals surface area (Å²) < 4.78 is 27.0. The van der Waals surface area contributed by atoms with Crippen molar-refractivity contribution in [3.05, 3.63) is 11.4 Å². The van der Waals surface area contributed by atoms with Crippen LogP contribution in [0.2, 0.25) is 0 Å². The Balaban J connectivity index is 2.31. The number of aryl methyl sites for hydroxylation is 1. The fraction of sp³-hybridized carbons (Fsp3) is 0.769. The van der Waals surface area contributed by atoms with Gasteiger partial charge in [0.05, 0.1) is 12.3 Å². The van der Waals surface area contributed by atoms with Gasteiger partial charge in [0.25, 0.3) is 0 Å². The molecular weight excluding hydrogens is 278 g/mol. The highest BCUT2D eigenvalue weighted by atomic mass is 32.2. The molecule has 0 unspecified atom stereocenters. The number of nitrogens with zero attached hydrogens (tertiary/aromatic N) is 2. The van der Waals surface area contributed by atoms with Gasteiger partial charge in [0.15, 0.2) is 0 Å². The second kappa shape index (κ2) is 6.24. The van der Waals surface area contributed by atoms with Crippen LogP contribution >= 0.6 is 0 Å². The SMILES string of the molecule is Cc1[nH]nc(CO)c1S(=O)(=O)N(C)C1CCCCCC1. The molecule has 2 rings (SSSR count). The van der Waals surface area contributed by atoms with Crippen molar-refractivity contribution in [3.8, 4) is 0 Å². The summed E-state index contributed by atoms with van der Waals surface area (Å²) in [7, 11) is -1.97. The number of hydrogen-bond donors (Lipinski definition) is 2. The van der Waals surface area contributed by atoms with Gasteiger partial charge >= 0.3 is 0 Å². The summed E-state index contributed by atoms with van der Waals surface area (Å²) in [6.45, 7) is 1.29. The highest BCUT2D eigenvalue weighted by Gasteiger charge is 2.32. The predicted octanol–water partition coefficient (Wildman–Crippen LogP) is 1.55. The standard InChI is InChI=1S/C13H23N3O3S/c1-10-13(12(9-17)15-14-10)20(18,19)16(2)11-7-5-3-4-6-8-11/h11,17H,3-9H2,1-2H3,(H,14,15). The highest BCUT2D eigenvalue weighted by Crippen LogP contribution is 2.28. The van der Waals surface area contributed by atoms with Crippen molar-refractivity contribution in [1.82, 2.24) is 14.5 Å². The number of aromatic nitrogens is 2. The Kier molecular flexibility index (Phi) is 4.82. The Morgan fingerprint density at radius 2 is 1.90 bits per heavy atom. The van der Waals surface area contributed by atoms with E-state index in [2.05, 4.69) is 10.2 Å². The Bertz CT molecular complexity index is 545. The second-order valence-corrected chi connectivity index (χ2v) is 7.38. The maximum Gasteiger partial charge on any atom is 0.246 e. The van der Waals surface area contributed by atoms with Crippen LogP contribution in [0.4, 0.5) is 0 Å². The van der Waals surface area contributed by atoms with Crippen molar-refractivity contribution in [2.24, 2.45) is 0 Å². The molecule has 1 aromatic heterocycles. The number of sulfonamides is 1. The Labute approximate surface area is 120 Å². The second-order valence-electron chi connectivity index (χ2n) is 5.45. The zero-order valence-electron chi connectivity index (χ0n) is 12.1. The molecule has 1 fully saturated rings. The van der Waals surface area contributed by atoms with E-state index in [0.29, 0.717) is 5.69 Å². The minimum Gasteiger partial charge on any atom is -0.390 e. The molecule has 0 radical (unpaired) electrons. The van der Waals surface area contributed by atoms with E-state index in [1.165, 1.54) is 17.1 Å². The van der Waals surface area contributed by atoms with Gasteiger partial charge in [-0.15, -0.1) is 0 Å². The Morgan fingerprint density at radius 1 is 1.30 bits per heavy atom. The van der Waals surface area contributed by atoms with E-state index in [9.17, 15) is 13.5 Å². The van der Waals surface area contributed by atoms with Gasteiger partial charge in [0, 0.05) is 13.1 Å². The molecule has 0 spiro atoms. The average molecular weight is 301 g/mol. The summed E-state index contributed by atoms with van der Waals surface area (Å²) in [5.74, 6) is 0. The lowest BCUT2D eigenvalue weighted by molar-refractivity contribution is 0.272. The molecule has 6 nitrogen and oxygen atoms in total. The molecule has 1 aliphatic carbocycles. The molecule has 20 heavy (non-hydrogen) atoms. The maximum absolute atomic E-state index is 12.8. The molecule has 1 saturated carbocycles. The molecule has 114 valence electrons. The minimum atomic E-state index is -3.61. The minimum absolute atomic E-state index is 0.0448. The van der Waals surface area contributed by atoms with Gasteiger partial charge in [-0.25, -0.2) is 8.42 Å². The number of aliphatic hydroxyl groups excluding tert-OH is 1. The van der Waals surface area contributed by atoms with Crippen molar-refractivity contribution in [2.75, 3.05) is 7.05 Å². The molecule has 0 amide bonds. The molecule has 2 N–H and O–H groups in total. The van der Waals surface area contributed by atoms with Crippen LogP contribution in [0.25, 0.3) is 0 Å². The van der Waals surface area contributed by atoms with E-state index in [-0.39, 0.29) is 23.2 Å². The number of hydrogen-bond acceptors (Lipinski definition) is 4. The quantitative estimate of drug-likeness (QED) is 0.826. The van der Waals surface area contributed by atoms with Crippen LogP contribution in [0, 0.1) is 6.92 Å². The number of H-pyrrole nitrogens is 1. The van der Waals surface area contributed by atoms with Gasteiger partial charge in [0.1, 0.15) is 10.6 Å². The molecule has 7 heteroatoms. The molecule has 0 atom stereocenters. The van der Waals surface area contributed by atoms with Gasteiger partial charge < -0.3 is 5.11 Å². The van der Waals surface area contributed by atoms with E-state index >= 15 is 0 Å². The zero-order chi connectivity index (χ0) is 14.8. The van der Waals surface area contributed by atoms with Crippen LogP contribution in [0.5, 0.6) is 0 Å². The molecule has 1 aliphatic rings. The highest BCUT2D eigenvalue weighted by molar-refractivity contribution is 7.89. The smallest absolute Gasteiger partial charge is 0.246 e. The molecule has 0 bridgehead atoms. The zero-order valence-corrected chi connectivity index (χ0v) is 12.9. The van der Waals surface area contributed by atoms with Crippen molar-refractivity contribution in [3.63, 3.8) is 0 Å². The molecule has 1 heterocycles. The number of rotatable bonds is 4. The van der Waals surface area contributed by atoms with Crippen molar-refractivity contribution >= 4 is 10.0 Å². The number of aliphatic hydroxyl groups is 1. The summed E-state index contributed by atoms with van der Waals surface area (Å²) >= 11 is 0. The van der Waals surface area contributed by atoms with Gasteiger partial charge in [-0.05, 0) is 19.8 Å². The van der Waals surface area contributed by atoms with Crippen LogP contribution < -0.4 is 0 Å². The van der Waals surface area contributed by atoms with Crippen molar-refractivity contribution < 1.29 is 13.5 Å². The van der Waals surface area contributed by atoms with Gasteiger partial charge in [-0.1, -0.05) is 25.7 Å². The topological polar surface area (TPSA) is 86.3 Å². The first kappa shape index (κ1) is 15.5. The molecular formula is C13H23N3O3S. The van der Waals surface area contributed by atoms with Crippen LogP contribution in [0.15, 0.2) is 4.90 Å². The van der Waals surface area contributed by atoms with E-state index in [1.807, 2.05) is 0 Å². The molecule has 1 aromatic rings. The predicted molar refractivity (Wildman–Crippen MR) is 75.7 cm³/mol. The summed E-state index contributed by atoms with van der Waals surface area (Å²) in [5, 5.41) is 15.8. The fourth-order valence-electron chi connectivity index (χ4n) is 2.88. The molecule has 0 aromatic carbocycles. The fourth-order valence-corrected chi connectivity index (χ4v) is 4.61. The third-order valence-corrected chi connectivity index (χ3v) is 6.20. The average Bonchev–Trinajstić information content (AvgIpc) is 2.64. The largest absolute Gasteiger partial charge is 0.390 e. The van der Waals surface area contributed by atoms with E-state index in [4.69, 9.17) is 0 Å². The number of aromatic amines is 1. The van der Waals surface area contributed by atoms with Crippen LogP contribution in [0.3, 0.4) is 0 Å². The molecule has 0 saturated heterocycles. The first-order valence-electron chi connectivity index (χ1n) is 7.11. The van der Waals surface area contributed by atoms with Gasteiger partial charge in [0.2, 0.25) is 10.0 Å². The maximum atomic E-state index is 12.8. The van der Waals surface area contributed by atoms with Crippen molar-refractivity contribution in [2.45, 2.75) is 63.0 Å². The van der Waals surface area contributed by atoms with E-state index in [1.54, 1.807) is 14.0 Å². The van der Waals surface area contributed by atoms with Crippen molar-refractivity contribution in [1.29, 1.82) is 0 Å². The lowest BCUT2D eigenvalue weighted by atomic mass is 10.1. The lowest BCUT2D eigenvalue weighted by Gasteiger charge is -2.26. The summed E-state index contributed by atoms with van der Waals surface area (Å²) in [6, 6.07) is 0.0448. The van der Waals surface area contributed by atoms with Crippen LogP contribution in [-0.4, -0.2) is 41.1 Å². The molecule has 0 aliphatic heterocycles. The van der Waals surface area contributed by atoms with Crippen LogP contribution in [0.1, 0.15) is 49.9 Å². The summed E-state index contributed by atoms with van der Waals surface area (Å²) in [4.78, 5) is 0.131. The van der Waals surface area contributed by atoms with Gasteiger partial charge in [-0.2, -0.15) is 9.40 Å². The van der Waals surface area contributed by atoms with Crippen LogP contribution in [-0.2, 0) is 16.6 Å². The first-order chi connectivity index (χ1) is 9.48. The lowest BCUT2D eigenvalue weighted by Crippen LogP contribution is -2.37.